The molecule has 9 nitrogen and oxygen atoms in total. The van der Waals surface area contributed by atoms with Gasteiger partial charge in [0.1, 0.15) is 0 Å². The fourth-order valence-electron chi connectivity index (χ4n) is 2.38. The number of aromatic hydroxyl groups is 1. The third-order valence-corrected chi connectivity index (χ3v) is 3.68. The van der Waals surface area contributed by atoms with Crippen LogP contribution in [-0.2, 0) is 0 Å². The fourth-order valence-corrected chi connectivity index (χ4v) is 2.38. The maximum Gasteiger partial charge on any atom is 0.311 e. The van der Waals surface area contributed by atoms with E-state index in [-0.39, 0.29) is 11.3 Å². The average Bonchev–Trinajstić information content (AvgIpc) is 3.16. The summed E-state index contributed by atoms with van der Waals surface area (Å²) in [6.07, 6.45) is 1.35. The second kappa shape index (κ2) is 7.40. The molecule has 1 heterocycles. The number of benzene rings is 2. The van der Waals surface area contributed by atoms with Crippen LogP contribution >= 0.6 is 0 Å². The van der Waals surface area contributed by atoms with Crippen molar-refractivity contribution in [3.05, 3.63) is 82.3 Å². The zero-order chi connectivity index (χ0) is 19.4. The maximum atomic E-state index is 12.3. The van der Waals surface area contributed by atoms with E-state index in [1.807, 2.05) is 18.2 Å². The van der Waals surface area contributed by atoms with Gasteiger partial charge in [0.25, 0.3) is 5.91 Å². The summed E-state index contributed by atoms with van der Waals surface area (Å²) in [4.78, 5) is 34.4. The largest absolute Gasteiger partial charge is 0.502 e. The molecule has 27 heavy (non-hydrogen) atoms. The molecule has 2 amide bonds. The number of nitrogens with zero attached hydrogens (tertiary/aromatic N) is 1. The Morgan fingerprint density at radius 2 is 1.70 bits per heavy atom. The smallest absolute Gasteiger partial charge is 0.311 e. The van der Waals surface area contributed by atoms with Crippen LogP contribution in [0.1, 0.15) is 20.9 Å². The van der Waals surface area contributed by atoms with Crippen molar-refractivity contribution in [2.75, 3.05) is 0 Å². The molecule has 0 aliphatic rings. The molecule has 136 valence electrons. The van der Waals surface area contributed by atoms with Gasteiger partial charge in [0.15, 0.2) is 5.75 Å². The monoisotopic (exact) mass is 367 g/mol. The molecule has 0 radical (unpaired) electrons. The van der Waals surface area contributed by atoms with Gasteiger partial charge in [-0.1, -0.05) is 30.3 Å². The summed E-state index contributed by atoms with van der Waals surface area (Å²) < 4.78 is 5.20. The number of furan rings is 1. The lowest BCUT2D eigenvalue weighted by Crippen LogP contribution is -2.41. The van der Waals surface area contributed by atoms with E-state index in [9.17, 15) is 24.8 Å². The van der Waals surface area contributed by atoms with E-state index in [4.69, 9.17) is 4.42 Å². The number of amides is 2. The molecule has 3 aromatic rings. The van der Waals surface area contributed by atoms with Gasteiger partial charge in [-0.2, -0.15) is 0 Å². The molecule has 0 atom stereocenters. The minimum absolute atomic E-state index is 0.00168. The minimum Gasteiger partial charge on any atom is -0.502 e. The molecule has 9 heteroatoms. The molecule has 0 fully saturated rings. The number of nitro benzene ring substituents is 1. The van der Waals surface area contributed by atoms with Crippen molar-refractivity contribution in [1.29, 1.82) is 0 Å². The Kier molecular flexibility index (Phi) is 4.84. The minimum atomic E-state index is -0.820. The summed E-state index contributed by atoms with van der Waals surface area (Å²) in [6.45, 7) is 0. The summed E-state index contributed by atoms with van der Waals surface area (Å²) >= 11 is 0. The molecule has 3 N–H and O–H groups in total. The molecule has 0 aliphatic heterocycles. The van der Waals surface area contributed by atoms with Gasteiger partial charge >= 0.3 is 11.6 Å². The fraction of sp³-hybridized carbons (Fsp3) is 0. The molecule has 2 aromatic carbocycles. The number of phenolic OH excluding ortho intramolecular Hbond substituents is 1. The first-order valence-electron chi connectivity index (χ1n) is 7.68. The Morgan fingerprint density at radius 1 is 1.00 bits per heavy atom. The average molecular weight is 367 g/mol. The van der Waals surface area contributed by atoms with Gasteiger partial charge in [-0.05, 0) is 23.8 Å². The SMILES string of the molecule is O=C(NNC(=O)c1occc1-c1ccccc1)c1ccc(O)c([N+](=O)[O-])c1. The highest BCUT2D eigenvalue weighted by molar-refractivity contribution is 6.01. The van der Waals surface area contributed by atoms with Crippen LogP contribution < -0.4 is 10.9 Å². The molecular formula is C18H13N3O6. The van der Waals surface area contributed by atoms with Crippen molar-refractivity contribution in [2.24, 2.45) is 0 Å². The van der Waals surface area contributed by atoms with Crippen LogP contribution in [0.25, 0.3) is 11.1 Å². The third kappa shape index (κ3) is 3.76. The third-order valence-electron chi connectivity index (χ3n) is 3.68. The summed E-state index contributed by atoms with van der Waals surface area (Å²) in [5.41, 5.74) is 4.92. The van der Waals surface area contributed by atoms with Gasteiger partial charge in [-0.3, -0.25) is 30.6 Å². The van der Waals surface area contributed by atoms with Gasteiger partial charge in [0.05, 0.1) is 11.2 Å². The van der Waals surface area contributed by atoms with E-state index >= 15 is 0 Å². The first-order chi connectivity index (χ1) is 13.0. The molecule has 0 aliphatic carbocycles. The normalized spacial score (nSPS) is 10.2. The van der Waals surface area contributed by atoms with Crippen molar-refractivity contribution in [2.45, 2.75) is 0 Å². The molecule has 0 saturated carbocycles. The second-order valence-corrected chi connectivity index (χ2v) is 5.40. The molecule has 3 rings (SSSR count). The zero-order valence-corrected chi connectivity index (χ0v) is 13.7. The molecular weight excluding hydrogens is 354 g/mol. The number of hydrogen-bond acceptors (Lipinski definition) is 6. The lowest BCUT2D eigenvalue weighted by Gasteiger charge is -2.08. The van der Waals surface area contributed by atoms with Gasteiger partial charge in [-0.15, -0.1) is 0 Å². The van der Waals surface area contributed by atoms with Crippen LogP contribution in [-0.4, -0.2) is 21.8 Å². The van der Waals surface area contributed by atoms with Crippen molar-refractivity contribution in [1.82, 2.24) is 10.9 Å². The molecule has 0 bridgehead atoms. The van der Waals surface area contributed by atoms with Crippen molar-refractivity contribution < 1.29 is 24.0 Å². The van der Waals surface area contributed by atoms with E-state index in [2.05, 4.69) is 10.9 Å². The number of nitro groups is 1. The van der Waals surface area contributed by atoms with E-state index in [0.717, 1.165) is 17.7 Å². The summed E-state index contributed by atoms with van der Waals surface area (Å²) in [5.74, 6) is -2.05. The van der Waals surface area contributed by atoms with Crippen LogP contribution in [0, 0.1) is 10.1 Å². The molecule has 1 aromatic heterocycles. The molecule has 0 unspecified atom stereocenters. The van der Waals surface area contributed by atoms with E-state index in [0.29, 0.717) is 5.56 Å². The number of phenols is 1. The predicted molar refractivity (Wildman–Crippen MR) is 93.8 cm³/mol. The number of rotatable bonds is 4. The Balaban J connectivity index is 1.72. The van der Waals surface area contributed by atoms with Crippen LogP contribution in [0.15, 0.2) is 65.3 Å². The number of hydrazine groups is 1. The van der Waals surface area contributed by atoms with Crippen molar-refractivity contribution in [3.63, 3.8) is 0 Å². The van der Waals surface area contributed by atoms with E-state index in [1.165, 1.54) is 12.3 Å². The van der Waals surface area contributed by atoms with Gasteiger partial charge in [0.2, 0.25) is 5.76 Å². The topological polar surface area (TPSA) is 135 Å². The zero-order valence-electron chi connectivity index (χ0n) is 13.7. The summed E-state index contributed by atoms with van der Waals surface area (Å²) in [7, 11) is 0. The molecule has 0 saturated heterocycles. The lowest BCUT2D eigenvalue weighted by molar-refractivity contribution is -0.385. The lowest BCUT2D eigenvalue weighted by atomic mass is 10.1. The quantitative estimate of drug-likeness (QED) is 0.479. The highest BCUT2D eigenvalue weighted by Gasteiger charge is 2.20. The van der Waals surface area contributed by atoms with Crippen LogP contribution in [0.5, 0.6) is 5.75 Å². The Morgan fingerprint density at radius 3 is 2.41 bits per heavy atom. The number of carbonyl (C=O) groups excluding carboxylic acids is 2. The van der Waals surface area contributed by atoms with Gasteiger partial charge in [-0.25, -0.2) is 0 Å². The second-order valence-electron chi connectivity index (χ2n) is 5.40. The van der Waals surface area contributed by atoms with Crippen molar-refractivity contribution >= 4 is 17.5 Å². The van der Waals surface area contributed by atoms with Gasteiger partial charge < -0.3 is 9.52 Å². The Labute approximate surface area is 152 Å². The maximum absolute atomic E-state index is 12.3. The Bertz CT molecular complexity index is 1010. The number of nitrogens with one attached hydrogen (secondary N) is 2. The first kappa shape index (κ1) is 17.7. The summed E-state index contributed by atoms with van der Waals surface area (Å²) in [6, 6.07) is 13.8. The standard InChI is InChI=1S/C18H13N3O6/c22-15-7-6-12(10-14(15)21(25)26)17(23)19-20-18(24)16-13(8-9-27-16)11-4-2-1-3-5-11/h1-10,22H,(H,19,23)(H,20,24). The highest BCUT2D eigenvalue weighted by Crippen LogP contribution is 2.26. The van der Waals surface area contributed by atoms with E-state index in [1.54, 1.807) is 18.2 Å². The Hall–Kier alpha value is -4.14. The van der Waals surface area contributed by atoms with Crippen LogP contribution in [0.3, 0.4) is 0 Å². The van der Waals surface area contributed by atoms with Crippen LogP contribution in [0.2, 0.25) is 0 Å². The molecule has 0 spiro atoms. The van der Waals surface area contributed by atoms with Crippen molar-refractivity contribution in [3.8, 4) is 16.9 Å². The first-order valence-corrected chi connectivity index (χ1v) is 7.68. The summed E-state index contributed by atoms with van der Waals surface area (Å²) in [5, 5.41) is 20.2. The van der Waals surface area contributed by atoms with E-state index < -0.39 is 28.2 Å². The number of hydrogen-bond donors (Lipinski definition) is 3. The number of carbonyl (C=O) groups is 2. The highest BCUT2D eigenvalue weighted by atomic mass is 16.6. The van der Waals surface area contributed by atoms with Gasteiger partial charge in [0, 0.05) is 17.2 Å². The van der Waals surface area contributed by atoms with Crippen LogP contribution in [0.4, 0.5) is 5.69 Å². The predicted octanol–water partition coefficient (Wildman–Crippen LogP) is 2.64.